The molecule has 84 valence electrons. The van der Waals surface area contributed by atoms with Crippen LogP contribution in [0.15, 0.2) is 18.3 Å². The number of aromatic nitrogens is 1. The summed E-state index contributed by atoms with van der Waals surface area (Å²) in [7, 11) is 0. The number of carboxylic acid groups (broad SMARTS) is 1. The molecule has 0 aliphatic carbocycles. The standard InChI is InChI=1S/C10H11N3O3/c14-8(15)4-3-7-10(16)13-6-2-1-5-11-9(6)12-7/h1-2,5,7H,3-4H2,(H,11,12)(H,13,16)(H,14,15). The van der Waals surface area contributed by atoms with Gasteiger partial charge in [-0.25, -0.2) is 4.98 Å². The molecule has 0 saturated carbocycles. The monoisotopic (exact) mass is 221 g/mol. The number of aliphatic carboxylic acids is 1. The van der Waals surface area contributed by atoms with Crippen LogP contribution < -0.4 is 10.6 Å². The summed E-state index contributed by atoms with van der Waals surface area (Å²) >= 11 is 0. The summed E-state index contributed by atoms with van der Waals surface area (Å²) in [5.41, 5.74) is 0.624. The molecule has 0 spiro atoms. The van der Waals surface area contributed by atoms with E-state index >= 15 is 0 Å². The molecular formula is C10H11N3O3. The number of hydrogen-bond donors (Lipinski definition) is 3. The van der Waals surface area contributed by atoms with Crippen molar-refractivity contribution in [3.05, 3.63) is 18.3 Å². The molecule has 2 heterocycles. The summed E-state index contributed by atoms with van der Waals surface area (Å²) in [5.74, 6) is -0.555. The Kier molecular flexibility index (Phi) is 2.72. The first-order valence-corrected chi connectivity index (χ1v) is 4.91. The summed E-state index contributed by atoms with van der Waals surface area (Å²) in [6, 6.07) is 2.93. The van der Waals surface area contributed by atoms with Crippen molar-refractivity contribution < 1.29 is 14.7 Å². The molecule has 1 aliphatic rings. The molecule has 6 nitrogen and oxygen atoms in total. The van der Waals surface area contributed by atoms with Crippen LogP contribution in [0, 0.1) is 0 Å². The maximum Gasteiger partial charge on any atom is 0.303 e. The number of nitrogens with zero attached hydrogens (tertiary/aromatic N) is 1. The lowest BCUT2D eigenvalue weighted by molar-refractivity contribution is -0.137. The minimum Gasteiger partial charge on any atom is -0.481 e. The molecule has 0 fully saturated rings. The van der Waals surface area contributed by atoms with E-state index in [-0.39, 0.29) is 18.7 Å². The molecule has 1 amide bonds. The van der Waals surface area contributed by atoms with E-state index in [0.717, 1.165) is 0 Å². The highest BCUT2D eigenvalue weighted by Gasteiger charge is 2.26. The fourth-order valence-electron chi connectivity index (χ4n) is 1.54. The Balaban J connectivity index is 2.09. The van der Waals surface area contributed by atoms with E-state index in [0.29, 0.717) is 11.5 Å². The Morgan fingerprint density at radius 2 is 2.38 bits per heavy atom. The molecule has 1 aliphatic heterocycles. The first-order valence-electron chi connectivity index (χ1n) is 4.91. The second-order valence-electron chi connectivity index (χ2n) is 3.52. The van der Waals surface area contributed by atoms with Gasteiger partial charge in [-0.15, -0.1) is 0 Å². The van der Waals surface area contributed by atoms with Crippen molar-refractivity contribution in [2.45, 2.75) is 18.9 Å². The van der Waals surface area contributed by atoms with Gasteiger partial charge in [-0.1, -0.05) is 0 Å². The smallest absolute Gasteiger partial charge is 0.303 e. The van der Waals surface area contributed by atoms with Crippen molar-refractivity contribution in [1.29, 1.82) is 0 Å². The van der Waals surface area contributed by atoms with Gasteiger partial charge >= 0.3 is 5.97 Å². The Hall–Kier alpha value is -2.11. The molecule has 0 bridgehead atoms. The molecule has 16 heavy (non-hydrogen) atoms. The van der Waals surface area contributed by atoms with Gasteiger partial charge in [0.1, 0.15) is 11.9 Å². The van der Waals surface area contributed by atoms with Crippen molar-refractivity contribution in [3.8, 4) is 0 Å². The van der Waals surface area contributed by atoms with Gasteiger partial charge in [0, 0.05) is 12.6 Å². The van der Waals surface area contributed by atoms with Gasteiger partial charge in [0.05, 0.1) is 5.69 Å². The first kappa shape index (κ1) is 10.4. The van der Waals surface area contributed by atoms with Gasteiger partial charge in [-0.05, 0) is 18.6 Å². The lowest BCUT2D eigenvalue weighted by atomic mass is 10.1. The fourth-order valence-corrected chi connectivity index (χ4v) is 1.54. The first-order chi connectivity index (χ1) is 7.66. The molecule has 0 radical (unpaired) electrons. The van der Waals surface area contributed by atoms with E-state index in [2.05, 4.69) is 15.6 Å². The Bertz CT molecular complexity index is 433. The molecule has 3 N–H and O–H groups in total. The van der Waals surface area contributed by atoms with E-state index < -0.39 is 12.0 Å². The van der Waals surface area contributed by atoms with Crippen LogP contribution in [-0.2, 0) is 9.59 Å². The van der Waals surface area contributed by atoms with Gasteiger partial charge in [0.25, 0.3) is 0 Å². The maximum atomic E-state index is 11.6. The Labute approximate surface area is 91.7 Å². The van der Waals surface area contributed by atoms with E-state index in [1.807, 2.05) is 0 Å². The number of rotatable bonds is 3. The Morgan fingerprint density at radius 1 is 1.56 bits per heavy atom. The third-order valence-electron chi connectivity index (χ3n) is 2.34. The number of carbonyl (C=O) groups is 2. The van der Waals surface area contributed by atoms with Gasteiger partial charge in [0.15, 0.2) is 0 Å². The molecule has 1 aromatic rings. The summed E-state index contributed by atoms with van der Waals surface area (Å²) < 4.78 is 0. The van der Waals surface area contributed by atoms with Crippen LogP contribution in [-0.4, -0.2) is 28.0 Å². The highest BCUT2D eigenvalue weighted by molar-refractivity contribution is 6.02. The maximum absolute atomic E-state index is 11.6. The van der Waals surface area contributed by atoms with Crippen molar-refractivity contribution in [2.75, 3.05) is 10.6 Å². The van der Waals surface area contributed by atoms with Crippen molar-refractivity contribution in [2.24, 2.45) is 0 Å². The van der Waals surface area contributed by atoms with E-state index in [4.69, 9.17) is 5.11 Å². The van der Waals surface area contributed by atoms with Gasteiger partial charge in [-0.2, -0.15) is 0 Å². The molecule has 1 aromatic heterocycles. The average Bonchev–Trinajstić information content (AvgIpc) is 2.26. The number of anilines is 2. The van der Waals surface area contributed by atoms with Crippen molar-refractivity contribution in [3.63, 3.8) is 0 Å². The van der Waals surface area contributed by atoms with Crippen LogP contribution in [0.4, 0.5) is 11.5 Å². The number of carbonyl (C=O) groups excluding carboxylic acids is 1. The zero-order chi connectivity index (χ0) is 11.5. The topological polar surface area (TPSA) is 91.3 Å². The van der Waals surface area contributed by atoms with Crippen LogP contribution in [0.5, 0.6) is 0 Å². The minimum atomic E-state index is -0.915. The van der Waals surface area contributed by atoms with E-state index in [9.17, 15) is 9.59 Å². The number of carboxylic acids is 1. The fraction of sp³-hybridized carbons (Fsp3) is 0.300. The zero-order valence-electron chi connectivity index (χ0n) is 8.43. The van der Waals surface area contributed by atoms with Crippen molar-refractivity contribution in [1.82, 2.24) is 4.98 Å². The molecular weight excluding hydrogens is 210 g/mol. The van der Waals surface area contributed by atoms with Gasteiger partial charge in [0.2, 0.25) is 5.91 Å². The molecule has 1 unspecified atom stereocenters. The lowest BCUT2D eigenvalue weighted by Gasteiger charge is -2.25. The molecule has 2 rings (SSSR count). The van der Waals surface area contributed by atoms with E-state index in [1.165, 1.54) is 0 Å². The predicted octanol–water partition coefficient (Wildman–Crippen LogP) is 0.679. The number of amides is 1. The number of hydrogen-bond acceptors (Lipinski definition) is 4. The van der Waals surface area contributed by atoms with E-state index in [1.54, 1.807) is 18.3 Å². The van der Waals surface area contributed by atoms with Gasteiger partial charge < -0.3 is 15.7 Å². The average molecular weight is 221 g/mol. The summed E-state index contributed by atoms with van der Waals surface area (Å²) in [5, 5.41) is 14.1. The summed E-state index contributed by atoms with van der Waals surface area (Å²) in [6.07, 6.45) is 1.81. The second-order valence-corrected chi connectivity index (χ2v) is 3.52. The third-order valence-corrected chi connectivity index (χ3v) is 2.34. The van der Waals surface area contributed by atoms with Gasteiger partial charge in [-0.3, -0.25) is 9.59 Å². The largest absolute Gasteiger partial charge is 0.481 e. The predicted molar refractivity (Wildman–Crippen MR) is 57.1 cm³/mol. The Morgan fingerprint density at radius 3 is 3.12 bits per heavy atom. The normalized spacial score (nSPS) is 18.2. The second kappa shape index (κ2) is 4.18. The minimum absolute atomic E-state index is 0.0484. The lowest BCUT2D eigenvalue weighted by Crippen LogP contribution is -2.39. The highest BCUT2D eigenvalue weighted by Crippen LogP contribution is 2.24. The quantitative estimate of drug-likeness (QED) is 0.698. The summed E-state index contributed by atoms with van der Waals surface area (Å²) in [6.45, 7) is 0. The number of pyridine rings is 1. The number of nitrogens with one attached hydrogen (secondary N) is 2. The highest BCUT2D eigenvalue weighted by atomic mass is 16.4. The molecule has 6 heteroatoms. The molecule has 0 saturated heterocycles. The van der Waals surface area contributed by atoms with Crippen molar-refractivity contribution >= 4 is 23.4 Å². The van der Waals surface area contributed by atoms with Crippen LogP contribution in [0.2, 0.25) is 0 Å². The van der Waals surface area contributed by atoms with Crippen LogP contribution in [0.1, 0.15) is 12.8 Å². The van der Waals surface area contributed by atoms with Crippen LogP contribution >= 0.6 is 0 Å². The third kappa shape index (κ3) is 2.10. The van der Waals surface area contributed by atoms with Crippen LogP contribution in [0.3, 0.4) is 0 Å². The molecule has 1 atom stereocenters. The number of fused-ring (bicyclic) bond motifs is 1. The SMILES string of the molecule is O=C(O)CCC1Nc2ncccc2NC1=O. The summed E-state index contributed by atoms with van der Waals surface area (Å²) in [4.78, 5) is 26.1. The molecule has 0 aromatic carbocycles. The van der Waals surface area contributed by atoms with Crippen LogP contribution in [0.25, 0.3) is 0 Å². The zero-order valence-corrected chi connectivity index (χ0v) is 8.43.